The third kappa shape index (κ3) is 1.75. The van der Waals surface area contributed by atoms with E-state index in [2.05, 4.69) is 17.7 Å². The lowest BCUT2D eigenvalue weighted by molar-refractivity contribution is 0.629. The van der Waals surface area contributed by atoms with Gasteiger partial charge >= 0.3 is 0 Å². The third-order valence-electron chi connectivity index (χ3n) is 2.68. The molecule has 0 fully saturated rings. The average molecular weight is 206 g/mol. The van der Waals surface area contributed by atoms with E-state index in [0.29, 0.717) is 6.54 Å². The van der Waals surface area contributed by atoms with Crippen LogP contribution in [0.3, 0.4) is 0 Å². The highest BCUT2D eigenvalue weighted by Crippen LogP contribution is 2.22. The first-order chi connectivity index (χ1) is 7.26. The highest BCUT2D eigenvalue weighted by Gasteiger charge is 2.07. The molecule has 0 radical (unpaired) electrons. The van der Waals surface area contributed by atoms with Gasteiger partial charge in [0.25, 0.3) is 0 Å². The summed E-state index contributed by atoms with van der Waals surface area (Å²) in [6, 6.07) is 4.92. The predicted molar refractivity (Wildman–Crippen MR) is 60.3 cm³/mol. The Morgan fingerprint density at radius 2 is 2.20 bits per heavy atom. The number of aromatic nitrogens is 1. The normalized spacial score (nSPS) is 11.1. The maximum atomic E-state index is 13.1. The summed E-state index contributed by atoms with van der Waals surface area (Å²) in [4.78, 5) is 0. The lowest BCUT2D eigenvalue weighted by atomic mass is 10.1. The second kappa shape index (κ2) is 4.03. The molecule has 2 aromatic rings. The van der Waals surface area contributed by atoms with E-state index < -0.39 is 0 Å². The van der Waals surface area contributed by atoms with Crippen molar-refractivity contribution >= 4 is 10.9 Å². The van der Waals surface area contributed by atoms with Crippen LogP contribution in [-0.4, -0.2) is 11.1 Å². The Morgan fingerprint density at radius 3 is 2.87 bits per heavy atom. The summed E-state index contributed by atoms with van der Waals surface area (Å²) in [5.74, 6) is -0.186. The van der Waals surface area contributed by atoms with Crippen molar-refractivity contribution in [3.63, 3.8) is 0 Å². The highest BCUT2D eigenvalue weighted by molar-refractivity contribution is 5.84. The molecular weight excluding hydrogens is 191 g/mol. The van der Waals surface area contributed by atoms with Crippen molar-refractivity contribution in [1.82, 2.24) is 4.57 Å². The summed E-state index contributed by atoms with van der Waals surface area (Å²) in [5.41, 5.74) is 7.76. The number of hydrogen-bond acceptors (Lipinski definition) is 1. The molecule has 15 heavy (non-hydrogen) atoms. The summed E-state index contributed by atoms with van der Waals surface area (Å²) >= 11 is 0. The van der Waals surface area contributed by atoms with Crippen LogP contribution in [0.4, 0.5) is 4.39 Å². The van der Waals surface area contributed by atoms with Crippen molar-refractivity contribution in [3.05, 3.63) is 35.8 Å². The monoisotopic (exact) mass is 206 g/mol. The van der Waals surface area contributed by atoms with E-state index in [-0.39, 0.29) is 5.82 Å². The van der Waals surface area contributed by atoms with Gasteiger partial charge in [0.05, 0.1) is 0 Å². The Kier molecular flexibility index (Phi) is 2.73. The van der Waals surface area contributed by atoms with Crippen molar-refractivity contribution in [1.29, 1.82) is 0 Å². The minimum atomic E-state index is -0.186. The smallest absolute Gasteiger partial charge is 0.123 e. The SMILES string of the molecule is CCn1cc(CCN)c2cc(F)ccc21. The minimum Gasteiger partial charge on any atom is -0.347 e. The van der Waals surface area contributed by atoms with Gasteiger partial charge in [0.1, 0.15) is 5.82 Å². The largest absolute Gasteiger partial charge is 0.347 e. The molecule has 2 rings (SSSR count). The maximum Gasteiger partial charge on any atom is 0.123 e. The van der Waals surface area contributed by atoms with E-state index in [0.717, 1.165) is 29.4 Å². The van der Waals surface area contributed by atoms with Crippen molar-refractivity contribution < 1.29 is 4.39 Å². The van der Waals surface area contributed by atoms with Gasteiger partial charge in [-0.2, -0.15) is 0 Å². The Morgan fingerprint density at radius 1 is 1.40 bits per heavy atom. The summed E-state index contributed by atoms with van der Waals surface area (Å²) < 4.78 is 15.3. The number of halogens is 1. The van der Waals surface area contributed by atoms with Gasteiger partial charge < -0.3 is 10.3 Å². The number of aryl methyl sites for hydroxylation is 1. The third-order valence-corrected chi connectivity index (χ3v) is 2.68. The summed E-state index contributed by atoms with van der Waals surface area (Å²) in [6.07, 6.45) is 2.86. The van der Waals surface area contributed by atoms with Gasteiger partial charge in [0, 0.05) is 23.6 Å². The molecule has 1 aromatic heterocycles. The van der Waals surface area contributed by atoms with Gasteiger partial charge in [-0.25, -0.2) is 4.39 Å². The molecule has 0 saturated heterocycles. The number of benzene rings is 1. The van der Waals surface area contributed by atoms with Gasteiger partial charge in [-0.3, -0.25) is 0 Å². The number of fused-ring (bicyclic) bond motifs is 1. The van der Waals surface area contributed by atoms with E-state index in [4.69, 9.17) is 5.73 Å². The van der Waals surface area contributed by atoms with E-state index in [1.165, 1.54) is 6.07 Å². The Labute approximate surface area is 88.5 Å². The molecule has 0 aliphatic rings. The molecular formula is C12H15FN2. The van der Waals surface area contributed by atoms with E-state index >= 15 is 0 Å². The quantitative estimate of drug-likeness (QED) is 0.820. The van der Waals surface area contributed by atoms with Gasteiger partial charge in [-0.1, -0.05) is 0 Å². The molecule has 0 saturated carbocycles. The van der Waals surface area contributed by atoms with Crippen molar-refractivity contribution in [3.8, 4) is 0 Å². The average Bonchev–Trinajstić information content (AvgIpc) is 2.57. The van der Waals surface area contributed by atoms with Crippen LogP contribution in [0.5, 0.6) is 0 Å². The number of nitrogens with zero attached hydrogens (tertiary/aromatic N) is 1. The molecule has 80 valence electrons. The number of rotatable bonds is 3. The van der Waals surface area contributed by atoms with Crippen LogP contribution in [0, 0.1) is 5.82 Å². The molecule has 2 N–H and O–H groups in total. The van der Waals surface area contributed by atoms with Crippen LogP contribution >= 0.6 is 0 Å². The van der Waals surface area contributed by atoms with E-state index in [1.807, 2.05) is 6.07 Å². The first kappa shape index (κ1) is 10.2. The Hall–Kier alpha value is -1.35. The standard InChI is InChI=1S/C12H15FN2/c1-2-15-8-9(5-6-14)11-7-10(13)3-4-12(11)15/h3-4,7-8H,2,5-6,14H2,1H3. The minimum absolute atomic E-state index is 0.186. The first-order valence-corrected chi connectivity index (χ1v) is 5.23. The maximum absolute atomic E-state index is 13.1. The molecule has 3 heteroatoms. The van der Waals surface area contributed by atoms with E-state index in [9.17, 15) is 4.39 Å². The van der Waals surface area contributed by atoms with Crippen LogP contribution < -0.4 is 5.73 Å². The zero-order valence-electron chi connectivity index (χ0n) is 8.83. The molecule has 1 aromatic carbocycles. The Balaban J connectivity index is 2.64. The molecule has 0 aliphatic carbocycles. The van der Waals surface area contributed by atoms with Crippen LogP contribution in [0.15, 0.2) is 24.4 Å². The zero-order valence-corrected chi connectivity index (χ0v) is 8.83. The second-order valence-corrected chi connectivity index (χ2v) is 3.64. The fourth-order valence-electron chi connectivity index (χ4n) is 1.96. The van der Waals surface area contributed by atoms with Gasteiger partial charge in [-0.05, 0) is 43.7 Å². The van der Waals surface area contributed by atoms with Crippen molar-refractivity contribution in [2.24, 2.45) is 5.73 Å². The summed E-state index contributed by atoms with van der Waals surface area (Å²) in [6.45, 7) is 3.57. The predicted octanol–water partition coefficient (Wildman–Crippen LogP) is 2.30. The molecule has 0 atom stereocenters. The number of nitrogens with two attached hydrogens (primary N) is 1. The fourth-order valence-corrected chi connectivity index (χ4v) is 1.96. The Bertz CT molecular complexity index is 474. The highest BCUT2D eigenvalue weighted by atomic mass is 19.1. The molecule has 0 unspecified atom stereocenters. The molecule has 2 nitrogen and oxygen atoms in total. The van der Waals surface area contributed by atoms with Gasteiger partial charge in [0.2, 0.25) is 0 Å². The topological polar surface area (TPSA) is 30.9 Å². The first-order valence-electron chi connectivity index (χ1n) is 5.23. The van der Waals surface area contributed by atoms with Crippen LogP contribution in [-0.2, 0) is 13.0 Å². The van der Waals surface area contributed by atoms with Crippen molar-refractivity contribution in [2.75, 3.05) is 6.54 Å². The molecule has 0 amide bonds. The lowest BCUT2D eigenvalue weighted by Gasteiger charge is -1.99. The van der Waals surface area contributed by atoms with Crippen LogP contribution in [0.25, 0.3) is 10.9 Å². The molecule has 0 bridgehead atoms. The van der Waals surface area contributed by atoms with E-state index in [1.54, 1.807) is 6.07 Å². The molecule has 0 spiro atoms. The molecule has 1 heterocycles. The zero-order chi connectivity index (χ0) is 10.8. The van der Waals surface area contributed by atoms with Crippen LogP contribution in [0.1, 0.15) is 12.5 Å². The summed E-state index contributed by atoms with van der Waals surface area (Å²) in [7, 11) is 0. The van der Waals surface area contributed by atoms with Gasteiger partial charge in [-0.15, -0.1) is 0 Å². The van der Waals surface area contributed by atoms with Crippen LogP contribution in [0.2, 0.25) is 0 Å². The fraction of sp³-hybridized carbons (Fsp3) is 0.333. The molecule has 0 aliphatic heterocycles. The number of hydrogen-bond donors (Lipinski definition) is 1. The summed E-state index contributed by atoms with van der Waals surface area (Å²) in [5, 5.41) is 0.988. The lowest BCUT2D eigenvalue weighted by Crippen LogP contribution is -2.02. The second-order valence-electron chi connectivity index (χ2n) is 3.64. The van der Waals surface area contributed by atoms with Crippen molar-refractivity contribution in [2.45, 2.75) is 19.9 Å². The van der Waals surface area contributed by atoms with Gasteiger partial charge in [0.15, 0.2) is 0 Å².